The molecule has 2 unspecified atom stereocenters. The highest BCUT2D eigenvalue weighted by Crippen LogP contribution is 2.39. The summed E-state index contributed by atoms with van der Waals surface area (Å²) in [6.45, 7) is 3.81. The Kier molecular flexibility index (Phi) is 4.13. The Morgan fingerprint density at radius 2 is 1.70 bits per heavy atom. The van der Waals surface area contributed by atoms with Gasteiger partial charge in [0.25, 0.3) is 0 Å². The second kappa shape index (κ2) is 6.08. The van der Waals surface area contributed by atoms with E-state index in [1.165, 1.54) is 0 Å². The summed E-state index contributed by atoms with van der Waals surface area (Å²) in [4.78, 5) is 1.63. The first-order valence-electron chi connectivity index (χ1n) is 7.28. The first-order valence-corrected chi connectivity index (χ1v) is 7.28. The molecule has 0 spiro atoms. The summed E-state index contributed by atoms with van der Waals surface area (Å²) in [6, 6.07) is 16.0. The number of halogens is 3. The summed E-state index contributed by atoms with van der Waals surface area (Å²) < 4.78 is 43.0. The number of alkyl halides is 3. The molecule has 2 nitrogen and oxygen atoms in total. The molecule has 5 heteroatoms. The van der Waals surface area contributed by atoms with Crippen LogP contribution in [0.15, 0.2) is 67.3 Å². The lowest BCUT2D eigenvalue weighted by molar-refractivity contribution is -0.343. The molecular weight excluding hydrogens is 303 g/mol. The Labute approximate surface area is 132 Å². The fourth-order valence-electron chi connectivity index (χ4n) is 3.04. The van der Waals surface area contributed by atoms with Crippen molar-refractivity contribution in [1.29, 1.82) is 0 Å². The van der Waals surface area contributed by atoms with Gasteiger partial charge in [0.15, 0.2) is 0 Å². The Hall–Kier alpha value is -2.27. The van der Waals surface area contributed by atoms with Crippen molar-refractivity contribution in [3.05, 3.63) is 78.4 Å². The van der Waals surface area contributed by atoms with Gasteiger partial charge >= 0.3 is 6.36 Å². The molecule has 0 saturated heterocycles. The fourth-order valence-corrected chi connectivity index (χ4v) is 3.04. The molecule has 1 aliphatic heterocycles. The van der Waals surface area contributed by atoms with Gasteiger partial charge in [-0.3, -0.25) is 4.74 Å². The van der Waals surface area contributed by atoms with Crippen molar-refractivity contribution < 1.29 is 17.9 Å². The van der Waals surface area contributed by atoms with Crippen LogP contribution in [0.4, 0.5) is 18.9 Å². The third-order valence-electron chi connectivity index (χ3n) is 3.93. The van der Waals surface area contributed by atoms with Gasteiger partial charge in [-0.2, -0.15) is 0 Å². The summed E-state index contributed by atoms with van der Waals surface area (Å²) in [7, 11) is 0. The second-order valence-electron chi connectivity index (χ2n) is 5.34. The van der Waals surface area contributed by atoms with Crippen LogP contribution < -0.4 is 4.90 Å². The van der Waals surface area contributed by atoms with E-state index in [0.717, 1.165) is 11.1 Å². The third kappa shape index (κ3) is 3.24. The number of ether oxygens (including phenoxy) is 1. The van der Waals surface area contributed by atoms with E-state index < -0.39 is 12.6 Å². The van der Waals surface area contributed by atoms with Gasteiger partial charge in [0.2, 0.25) is 0 Å². The maximum atomic E-state index is 12.9. The Bertz CT molecular complexity index is 684. The maximum absolute atomic E-state index is 12.9. The molecule has 0 amide bonds. The van der Waals surface area contributed by atoms with Crippen LogP contribution >= 0.6 is 0 Å². The summed E-state index contributed by atoms with van der Waals surface area (Å²) in [6.07, 6.45) is -4.02. The Morgan fingerprint density at radius 1 is 1.04 bits per heavy atom. The van der Waals surface area contributed by atoms with Crippen LogP contribution in [0.2, 0.25) is 0 Å². The van der Waals surface area contributed by atoms with Crippen LogP contribution in [-0.2, 0) is 11.2 Å². The van der Waals surface area contributed by atoms with E-state index in [-0.39, 0.29) is 12.5 Å². The molecule has 2 aromatic carbocycles. The highest BCUT2D eigenvalue weighted by Gasteiger charge is 2.41. The van der Waals surface area contributed by atoms with E-state index in [2.05, 4.69) is 11.3 Å². The van der Waals surface area contributed by atoms with Crippen molar-refractivity contribution in [2.24, 2.45) is 0 Å². The third-order valence-corrected chi connectivity index (χ3v) is 3.93. The first kappa shape index (κ1) is 15.6. The number of hydrogen-bond donors (Lipinski definition) is 0. The molecule has 2 atom stereocenters. The van der Waals surface area contributed by atoms with E-state index in [0.29, 0.717) is 5.69 Å². The van der Waals surface area contributed by atoms with Gasteiger partial charge in [-0.25, -0.2) is 0 Å². The van der Waals surface area contributed by atoms with Gasteiger partial charge in [-0.1, -0.05) is 48.5 Å². The van der Waals surface area contributed by atoms with Gasteiger partial charge < -0.3 is 4.90 Å². The lowest BCUT2D eigenvalue weighted by Crippen LogP contribution is -2.47. The predicted molar refractivity (Wildman–Crippen MR) is 82.9 cm³/mol. The average molecular weight is 319 g/mol. The van der Waals surface area contributed by atoms with Gasteiger partial charge in [0, 0.05) is 12.1 Å². The SMILES string of the molecule is C=CC1c2ccccc2CC(OC(F)(F)F)N1c1ccccc1. The lowest BCUT2D eigenvalue weighted by atomic mass is 9.91. The Morgan fingerprint density at radius 3 is 2.35 bits per heavy atom. The summed E-state index contributed by atoms with van der Waals surface area (Å²) in [5, 5.41) is 0. The monoisotopic (exact) mass is 319 g/mol. The highest BCUT2D eigenvalue weighted by atomic mass is 19.4. The van der Waals surface area contributed by atoms with E-state index >= 15 is 0 Å². The molecule has 1 heterocycles. The number of para-hydroxylation sites is 1. The maximum Gasteiger partial charge on any atom is 0.524 e. The summed E-state index contributed by atoms with van der Waals surface area (Å²) in [5.41, 5.74) is 2.47. The minimum absolute atomic E-state index is 0.162. The van der Waals surface area contributed by atoms with E-state index in [9.17, 15) is 13.2 Å². The molecular formula is C18H16F3NO. The molecule has 0 aromatic heterocycles. The lowest BCUT2D eigenvalue weighted by Gasteiger charge is -2.43. The van der Waals surface area contributed by atoms with Crippen LogP contribution in [0.1, 0.15) is 17.2 Å². The average Bonchev–Trinajstić information content (AvgIpc) is 2.53. The first-order chi connectivity index (χ1) is 11.0. The number of fused-ring (bicyclic) bond motifs is 1. The van der Waals surface area contributed by atoms with E-state index in [1.807, 2.05) is 30.3 Å². The van der Waals surface area contributed by atoms with Crippen LogP contribution in [-0.4, -0.2) is 12.6 Å². The molecule has 120 valence electrons. The van der Waals surface area contributed by atoms with E-state index in [1.54, 1.807) is 35.2 Å². The molecule has 0 saturated carbocycles. The molecule has 3 rings (SSSR count). The minimum Gasteiger partial charge on any atom is -0.335 e. The smallest absolute Gasteiger partial charge is 0.335 e. The van der Waals surface area contributed by atoms with Crippen LogP contribution in [0.3, 0.4) is 0 Å². The molecule has 0 aliphatic carbocycles. The predicted octanol–water partition coefficient (Wildman–Crippen LogP) is 4.84. The number of hydrogen-bond acceptors (Lipinski definition) is 2. The second-order valence-corrected chi connectivity index (χ2v) is 5.34. The van der Waals surface area contributed by atoms with Crippen LogP contribution in [0, 0.1) is 0 Å². The van der Waals surface area contributed by atoms with Crippen molar-refractivity contribution in [2.45, 2.75) is 25.1 Å². The molecule has 0 N–H and O–H groups in total. The zero-order valence-corrected chi connectivity index (χ0v) is 12.3. The van der Waals surface area contributed by atoms with Crippen molar-refractivity contribution in [2.75, 3.05) is 4.90 Å². The standard InChI is InChI=1S/C18H16F3NO/c1-2-16-15-11-7-6-8-13(15)12-17(23-18(19,20)21)22(16)14-9-4-3-5-10-14/h2-11,16-17H,1,12H2. The molecule has 1 aliphatic rings. The zero-order chi connectivity index (χ0) is 16.4. The highest BCUT2D eigenvalue weighted by molar-refractivity contribution is 5.54. The van der Waals surface area contributed by atoms with E-state index in [4.69, 9.17) is 0 Å². The molecule has 2 aromatic rings. The van der Waals surface area contributed by atoms with Crippen LogP contribution in [0.25, 0.3) is 0 Å². The minimum atomic E-state index is -4.70. The van der Waals surface area contributed by atoms with Gasteiger partial charge in [0.05, 0.1) is 6.04 Å². The quantitative estimate of drug-likeness (QED) is 0.751. The van der Waals surface area contributed by atoms with Gasteiger partial charge in [-0.05, 0) is 23.3 Å². The van der Waals surface area contributed by atoms with Crippen molar-refractivity contribution in [3.8, 4) is 0 Å². The van der Waals surface area contributed by atoms with Gasteiger partial charge in [-0.15, -0.1) is 19.8 Å². The fraction of sp³-hybridized carbons (Fsp3) is 0.222. The number of anilines is 1. The summed E-state index contributed by atoms with van der Waals surface area (Å²) in [5.74, 6) is 0. The number of rotatable bonds is 3. The molecule has 0 bridgehead atoms. The molecule has 0 fully saturated rings. The Balaban J connectivity index is 2.08. The van der Waals surface area contributed by atoms with Gasteiger partial charge in [0.1, 0.15) is 6.23 Å². The van der Waals surface area contributed by atoms with Crippen LogP contribution in [0.5, 0.6) is 0 Å². The van der Waals surface area contributed by atoms with Crippen molar-refractivity contribution >= 4 is 5.69 Å². The van der Waals surface area contributed by atoms with Crippen molar-refractivity contribution in [3.63, 3.8) is 0 Å². The largest absolute Gasteiger partial charge is 0.524 e. The normalized spacial score (nSPS) is 20.9. The molecule has 0 radical (unpaired) electrons. The topological polar surface area (TPSA) is 12.5 Å². The number of benzene rings is 2. The summed E-state index contributed by atoms with van der Waals surface area (Å²) >= 11 is 0. The number of nitrogens with zero attached hydrogens (tertiary/aromatic N) is 1. The van der Waals surface area contributed by atoms with Crippen molar-refractivity contribution in [1.82, 2.24) is 0 Å². The zero-order valence-electron chi connectivity index (χ0n) is 12.3. The molecule has 23 heavy (non-hydrogen) atoms.